The summed E-state index contributed by atoms with van der Waals surface area (Å²) < 4.78 is 24.7. The highest BCUT2D eigenvalue weighted by atomic mass is 35.5. The van der Waals surface area contributed by atoms with Gasteiger partial charge in [0.15, 0.2) is 9.84 Å². The molecular weight excluding hydrogens is 439 g/mol. The van der Waals surface area contributed by atoms with E-state index in [2.05, 4.69) is 34.1 Å². The first-order chi connectivity index (χ1) is 12.5. The zero-order valence-electron chi connectivity index (χ0n) is 15.7. The number of benzene rings is 2. The van der Waals surface area contributed by atoms with Crippen molar-refractivity contribution in [3.8, 4) is 0 Å². The number of halogens is 3. The fourth-order valence-corrected chi connectivity index (χ4v) is 4.67. The molecule has 1 fully saturated rings. The molecule has 1 aliphatic heterocycles. The van der Waals surface area contributed by atoms with Crippen LogP contribution < -0.4 is 0 Å². The van der Waals surface area contributed by atoms with Crippen molar-refractivity contribution in [1.82, 2.24) is 9.80 Å². The Morgan fingerprint density at radius 3 is 2.00 bits per heavy atom. The van der Waals surface area contributed by atoms with E-state index in [1.165, 1.54) is 5.56 Å². The molecule has 0 amide bonds. The normalized spacial score (nSPS) is 15.5. The van der Waals surface area contributed by atoms with Crippen LogP contribution in [0.1, 0.15) is 12.0 Å². The summed E-state index contributed by atoms with van der Waals surface area (Å²) in [7, 11) is -3.23. The third-order valence-corrected chi connectivity index (χ3v) is 6.84. The average molecular weight is 466 g/mol. The van der Waals surface area contributed by atoms with E-state index in [-0.39, 0.29) is 30.6 Å². The summed E-state index contributed by atoms with van der Waals surface area (Å²) in [6.45, 7) is 5.85. The lowest BCUT2D eigenvalue weighted by Crippen LogP contribution is -2.46. The minimum Gasteiger partial charge on any atom is -0.301 e. The van der Waals surface area contributed by atoms with E-state index in [1.807, 2.05) is 6.07 Å². The van der Waals surface area contributed by atoms with Crippen molar-refractivity contribution in [2.75, 3.05) is 38.5 Å². The molecule has 1 aliphatic rings. The topological polar surface area (TPSA) is 40.6 Å². The van der Waals surface area contributed by atoms with Crippen molar-refractivity contribution in [2.24, 2.45) is 0 Å². The Morgan fingerprint density at radius 2 is 1.39 bits per heavy atom. The molecule has 0 saturated carbocycles. The summed E-state index contributed by atoms with van der Waals surface area (Å²) in [5.74, 6) is 0.179. The minimum absolute atomic E-state index is 0. The zero-order chi connectivity index (χ0) is 18.4. The molecule has 1 saturated heterocycles. The Kier molecular flexibility index (Phi) is 10.8. The minimum atomic E-state index is -3.23. The molecule has 2 aromatic rings. The van der Waals surface area contributed by atoms with E-state index in [4.69, 9.17) is 11.6 Å². The van der Waals surface area contributed by atoms with E-state index in [0.29, 0.717) is 16.3 Å². The van der Waals surface area contributed by atoms with Crippen LogP contribution in [-0.4, -0.2) is 56.7 Å². The van der Waals surface area contributed by atoms with Gasteiger partial charge in [0, 0.05) is 37.7 Å². The van der Waals surface area contributed by atoms with Crippen molar-refractivity contribution in [1.29, 1.82) is 0 Å². The Morgan fingerprint density at radius 1 is 0.821 bits per heavy atom. The molecule has 0 unspecified atom stereocenters. The quantitative estimate of drug-likeness (QED) is 0.615. The van der Waals surface area contributed by atoms with Gasteiger partial charge in [0.1, 0.15) is 0 Å². The molecule has 0 atom stereocenters. The maximum absolute atomic E-state index is 12.4. The van der Waals surface area contributed by atoms with Gasteiger partial charge >= 0.3 is 0 Å². The van der Waals surface area contributed by atoms with Crippen molar-refractivity contribution >= 4 is 46.3 Å². The second-order valence-electron chi connectivity index (χ2n) is 6.73. The number of rotatable bonds is 7. The Hall–Kier alpha value is -0.820. The number of nitrogens with zero attached hydrogens (tertiary/aromatic N) is 2. The zero-order valence-corrected chi connectivity index (χ0v) is 18.9. The first-order valence-corrected chi connectivity index (χ1v) is 11.0. The molecule has 156 valence electrons. The molecule has 3 rings (SSSR count). The Bertz CT molecular complexity index is 794. The van der Waals surface area contributed by atoms with Crippen LogP contribution in [0.3, 0.4) is 0 Å². The third kappa shape index (κ3) is 7.54. The molecule has 0 aromatic heterocycles. The number of hydrogen-bond acceptors (Lipinski definition) is 4. The van der Waals surface area contributed by atoms with E-state index in [9.17, 15) is 8.42 Å². The first kappa shape index (κ1) is 25.2. The third-order valence-electron chi connectivity index (χ3n) is 4.77. The molecule has 2 aromatic carbocycles. The summed E-state index contributed by atoms with van der Waals surface area (Å²) in [6.07, 6.45) is 0.656. The van der Waals surface area contributed by atoms with Crippen molar-refractivity contribution in [2.45, 2.75) is 17.9 Å². The lowest BCUT2D eigenvalue weighted by atomic mass is 10.2. The van der Waals surface area contributed by atoms with Crippen LogP contribution in [0.5, 0.6) is 0 Å². The van der Waals surface area contributed by atoms with Gasteiger partial charge in [-0.25, -0.2) is 8.42 Å². The van der Waals surface area contributed by atoms with Gasteiger partial charge in [0.05, 0.1) is 10.6 Å². The number of sulfone groups is 1. The molecule has 0 spiro atoms. The molecule has 0 aliphatic carbocycles. The predicted molar refractivity (Wildman–Crippen MR) is 121 cm³/mol. The van der Waals surface area contributed by atoms with Gasteiger partial charge in [0.2, 0.25) is 0 Å². The highest BCUT2D eigenvalue weighted by molar-refractivity contribution is 7.91. The van der Waals surface area contributed by atoms with Gasteiger partial charge in [-0.15, -0.1) is 24.8 Å². The standard InChI is InChI=1S/C20H25ClN2O2S.2ClH/c21-19-7-9-20(10-8-19)26(24,25)16-4-11-22-12-14-23(15-13-22)17-18-5-2-1-3-6-18;;/h1-3,5-10H,4,11-17H2;2*1H. The maximum atomic E-state index is 12.4. The van der Waals surface area contributed by atoms with Crippen molar-refractivity contribution in [3.05, 3.63) is 65.2 Å². The van der Waals surface area contributed by atoms with Crippen LogP contribution in [-0.2, 0) is 16.4 Å². The molecule has 4 nitrogen and oxygen atoms in total. The number of piperazine rings is 1. The van der Waals surface area contributed by atoms with E-state index in [0.717, 1.165) is 39.3 Å². The van der Waals surface area contributed by atoms with E-state index < -0.39 is 9.84 Å². The van der Waals surface area contributed by atoms with Gasteiger partial charge in [-0.05, 0) is 42.8 Å². The molecule has 0 N–H and O–H groups in total. The van der Waals surface area contributed by atoms with Crippen molar-refractivity contribution in [3.63, 3.8) is 0 Å². The van der Waals surface area contributed by atoms with Crippen LogP contribution in [0.4, 0.5) is 0 Å². The number of hydrogen-bond donors (Lipinski definition) is 0. The maximum Gasteiger partial charge on any atom is 0.178 e. The summed E-state index contributed by atoms with van der Waals surface area (Å²) in [4.78, 5) is 5.17. The van der Waals surface area contributed by atoms with Crippen LogP contribution >= 0.6 is 36.4 Å². The Balaban J connectivity index is 0.00000196. The highest BCUT2D eigenvalue weighted by Gasteiger charge is 2.19. The summed E-state index contributed by atoms with van der Waals surface area (Å²) in [5, 5.41) is 0.553. The molecule has 1 heterocycles. The van der Waals surface area contributed by atoms with Crippen LogP contribution in [0.25, 0.3) is 0 Å². The molecule has 0 radical (unpaired) electrons. The monoisotopic (exact) mass is 464 g/mol. The Labute approximate surface area is 185 Å². The summed E-state index contributed by atoms with van der Waals surface area (Å²) >= 11 is 5.82. The lowest BCUT2D eigenvalue weighted by molar-refractivity contribution is 0.127. The molecule has 0 bridgehead atoms. The molecular formula is C20H27Cl3N2O2S. The predicted octanol–water partition coefficient (Wildman–Crippen LogP) is 4.17. The van der Waals surface area contributed by atoms with Gasteiger partial charge in [0.25, 0.3) is 0 Å². The average Bonchev–Trinajstić information content (AvgIpc) is 2.64. The second kappa shape index (κ2) is 12.0. The van der Waals surface area contributed by atoms with Crippen LogP contribution in [0, 0.1) is 0 Å². The van der Waals surface area contributed by atoms with Crippen LogP contribution in [0.15, 0.2) is 59.5 Å². The fourth-order valence-electron chi connectivity index (χ4n) is 3.25. The van der Waals surface area contributed by atoms with Crippen LogP contribution in [0.2, 0.25) is 5.02 Å². The SMILES string of the molecule is Cl.Cl.O=S(=O)(CCCN1CCN(Cc2ccccc2)CC1)c1ccc(Cl)cc1. The summed E-state index contributed by atoms with van der Waals surface area (Å²) in [6, 6.07) is 16.9. The van der Waals surface area contributed by atoms with Gasteiger partial charge in [-0.3, -0.25) is 4.90 Å². The first-order valence-electron chi connectivity index (χ1n) is 9.00. The highest BCUT2D eigenvalue weighted by Crippen LogP contribution is 2.16. The summed E-state index contributed by atoms with van der Waals surface area (Å²) in [5.41, 5.74) is 1.34. The van der Waals surface area contributed by atoms with Gasteiger partial charge < -0.3 is 4.90 Å². The largest absolute Gasteiger partial charge is 0.301 e. The molecule has 28 heavy (non-hydrogen) atoms. The second-order valence-corrected chi connectivity index (χ2v) is 9.28. The smallest absolute Gasteiger partial charge is 0.178 e. The molecule has 8 heteroatoms. The van der Waals surface area contributed by atoms with Gasteiger partial charge in [-0.2, -0.15) is 0 Å². The van der Waals surface area contributed by atoms with Gasteiger partial charge in [-0.1, -0.05) is 41.9 Å². The van der Waals surface area contributed by atoms with E-state index in [1.54, 1.807) is 24.3 Å². The van der Waals surface area contributed by atoms with E-state index >= 15 is 0 Å². The lowest BCUT2D eigenvalue weighted by Gasteiger charge is -2.34. The fraction of sp³-hybridized carbons (Fsp3) is 0.400. The van der Waals surface area contributed by atoms with Crippen molar-refractivity contribution < 1.29 is 8.42 Å².